The predicted octanol–water partition coefficient (Wildman–Crippen LogP) is 0.706. The van der Waals surface area contributed by atoms with Gasteiger partial charge in [0, 0.05) is 13.1 Å². The normalized spacial score (nSPS) is 32.1. The van der Waals surface area contributed by atoms with Crippen LogP contribution in [0, 0.1) is 11.8 Å². The highest BCUT2D eigenvalue weighted by Crippen LogP contribution is 2.17. The fraction of sp³-hybridized carbons (Fsp3) is 1.00. The topological polar surface area (TPSA) is 43.7 Å². The molecule has 0 aliphatic carbocycles. The van der Waals surface area contributed by atoms with Gasteiger partial charge in [0.2, 0.25) is 0 Å². The minimum atomic E-state index is -0.268. The number of hydrogen-bond donors (Lipinski definition) is 2. The van der Waals surface area contributed by atoms with Crippen LogP contribution >= 0.6 is 0 Å². The molecule has 1 aliphatic rings. The molecule has 1 heterocycles. The number of nitrogens with zero attached hydrogens (tertiary/aromatic N) is 1. The summed E-state index contributed by atoms with van der Waals surface area (Å²) in [6.45, 7) is 8.54. The van der Waals surface area contributed by atoms with E-state index in [0.717, 1.165) is 13.0 Å². The third-order valence-electron chi connectivity index (χ3n) is 3.22. The lowest BCUT2D eigenvalue weighted by molar-refractivity contribution is 0.000271. The van der Waals surface area contributed by atoms with Crippen LogP contribution in [0.4, 0.5) is 0 Å². The summed E-state index contributed by atoms with van der Waals surface area (Å²) in [4.78, 5) is 2.16. The van der Waals surface area contributed by atoms with E-state index >= 15 is 0 Å². The first kappa shape index (κ1) is 12.0. The van der Waals surface area contributed by atoms with E-state index in [1.54, 1.807) is 0 Å². The molecule has 0 amide bonds. The van der Waals surface area contributed by atoms with E-state index in [1.807, 2.05) is 13.8 Å². The Hall–Kier alpha value is -0.120. The SMILES string of the molecule is CC(C)C(O)CN1CCC(C)C(O)C1. The Morgan fingerprint density at radius 2 is 2.07 bits per heavy atom. The van der Waals surface area contributed by atoms with Gasteiger partial charge >= 0.3 is 0 Å². The number of aliphatic hydroxyl groups is 2. The van der Waals surface area contributed by atoms with Gasteiger partial charge in [-0.25, -0.2) is 0 Å². The Bertz CT molecular complexity index is 173. The number of hydrogen-bond acceptors (Lipinski definition) is 3. The summed E-state index contributed by atoms with van der Waals surface area (Å²) in [5, 5.41) is 19.4. The monoisotopic (exact) mass is 201 g/mol. The van der Waals surface area contributed by atoms with Crippen molar-refractivity contribution in [1.29, 1.82) is 0 Å². The van der Waals surface area contributed by atoms with Crippen LogP contribution in [-0.2, 0) is 0 Å². The minimum absolute atomic E-state index is 0.219. The molecule has 2 N–H and O–H groups in total. The lowest BCUT2D eigenvalue weighted by atomic mass is 9.95. The van der Waals surface area contributed by atoms with Crippen molar-refractivity contribution in [3.63, 3.8) is 0 Å². The van der Waals surface area contributed by atoms with Crippen LogP contribution in [0.25, 0.3) is 0 Å². The average molecular weight is 201 g/mol. The molecule has 0 spiro atoms. The summed E-state index contributed by atoms with van der Waals surface area (Å²) >= 11 is 0. The van der Waals surface area contributed by atoms with Crippen molar-refractivity contribution in [1.82, 2.24) is 4.90 Å². The van der Waals surface area contributed by atoms with Gasteiger partial charge in [0.1, 0.15) is 0 Å². The summed E-state index contributed by atoms with van der Waals surface area (Å²) in [5.41, 5.74) is 0. The van der Waals surface area contributed by atoms with Crippen molar-refractivity contribution < 1.29 is 10.2 Å². The first-order chi connectivity index (χ1) is 6.50. The van der Waals surface area contributed by atoms with Gasteiger partial charge in [-0.1, -0.05) is 20.8 Å². The molecule has 3 heteroatoms. The van der Waals surface area contributed by atoms with E-state index in [1.165, 1.54) is 0 Å². The molecule has 1 rings (SSSR count). The van der Waals surface area contributed by atoms with Gasteiger partial charge in [-0.3, -0.25) is 4.90 Å². The maximum absolute atomic E-state index is 9.71. The van der Waals surface area contributed by atoms with Crippen molar-refractivity contribution in [2.45, 2.75) is 39.4 Å². The molecular weight excluding hydrogens is 178 g/mol. The Balaban J connectivity index is 2.33. The molecule has 0 saturated carbocycles. The predicted molar refractivity (Wildman–Crippen MR) is 57.1 cm³/mol. The molecule has 3 unspecified atom stereocenters. The van der Waals surface area contributed by atoms with E-state index in [9.17, 15) is 10.2 Å². The van der Waals surface area contributed by atoms with Crippen LogP contribution in [-0.4, -0.2) is 47.0 Å². The highest BCUT2D eigenvalue weighted by Gasteiger charge is 2.25. The smallest absolute Gasteiger partial charge is 0.0693 e. The van der Waals surface area contributed by atoms with Crippen LogP contribution in [0.1, 0.15) is 27.2 Å². The Kier molecular flexibility index (Phi) is 4.35. The molecule has 3 atom stereocenters. The number of β-amino-alcohol motifs (C(OH)–C–C–N with tert-alkyl or cyclic N) is 2. The molecule has 0 aromatic heterocycles. The largest absolute Gasteiger partial charge is 0.392 e. The molecule has 14 heavy (non-hydrogen) atoms. The van der Waals surface area contributed by atoms with Crippen molar-refractivity contribution in [3.8, 4) is 0 Å². The molecule has 0 aromatic rings. The average Bonchev–Trinajstić information content (AvgIpc) is 2.11. The second-order valence-electron chi connectivity index (χ2n) is 4.90. The number of aliphatic hydroxyl groups excluding tert-OH is 2. The van der Waals surface area contributed by atoms with E-state index in [2.05, 4.69) is 11.8 Å². The van der Waals surface area contributed by atoms with Gasteiger partial charge in [0.15, 0.2) is 0 Å². The Labute approximate surface area is 86.7 Å². The molecule has 1 aliphatic heterocycles. The van der Waals surface area contributed by atoms with Gasteiger partial charge in [-0.2, -0.15) is 0 Å². The van der Waals surface area contributed by atoms with Gasteiger partial charge in [-0.15, -0.1) is 0 Å². The summed E-state index contributed by atoms with van der Waals surface area (Å²) in [7, 11) is 0. The molecule has 1 fully saturated rings. The van der Waals surface area contributed by atoms with E-state index in [-0.39, 0.29) is 12.2 Å². The van der Waals surface area contributed by atoms with Crippen molar-refractivity contribution in [2.75, 3.05) is 19.6 Å². The summed E-state index contributed by atoms with van der Waals surface area (Å²) in [5.74, 6) is 0.703. The maximum atomic E-state index is 9.71. The molecule has 1 saturated heterocycles. The number of likely N-dealkylation sites (tertiary alicyclic amines) is 1. The second kappa shape index (κ2) is 5.10. The molecule has 84 valence electrons. The fourth-order valence-corrected chi connectivity index (χ4v) is 1.76. The minimum Gasteiger partial charge on any atom is -0.392 e. The van der Waals surface area contributed by atoms with Crippen molar-refractivity contribution in [2.24, 2.45) is 11.8 Å². The highest BCUT2D eigenvalue weighted by atomic mass is 16.3. The Morgan fingerprint density at radius 1 is 1.43 bits per heavy atom. The van der Waals surface area contributed by atoms with Crippen molar-refractivity contribution in [3.05, 3.63) is 0 Å². The number of rotatable bonds is 3. The summed E-state index contributed by atoms with van der Waals surface area (Å²) < 4.78 is 0. The quantitative estimate of drug-likeness (QED) is 0.706. The van der Waals surface area contributed by atoms with Gasteiger partial charge in [-0.05, 0) is 24.8 Å². The zero-order chi connectivity index (χ0) is 10.7. The first-order valence-corrected chi connectivity index (χ1v) is 5.59. The standard InChI is InChI=1S/C11H23NO2/c1-8(2)10(13)6-12-5-4-9(3)11(14)7-12/h8-11,13-14H,4-7H2,1-3H3. The Morgan fingerprint density at radius 3 is 2.57 bits per heavy atom. The zero-order valence-electron chi connectivity index (χ0n) is 9.48. The highest BCUT2D eigenvalue weighted by molar-refractivity contribution is 4.79. The fourth-order valence-electron chi connectivity index (χ4n) is 1.76. The summed E-state index contributed by atoms with van der Waals surface area (Å²) in [6.07, 6.45) is 0.546. The van der Waals surface area contributed by atoms with Crippen LogP contribution in [0.2, 0.25) is 0 Å². The lowest BCUT2D eigenvalue weighted by Crippen LogP contribution is -2.46. The van der Waals surface area contributed by atoms with Crippen LogP contribution in [0.3, 0.4) is 0 Å². The van der Waals surface area contributed by atoms with E-state index < -0.39 is 0 Å². The third-order valence-corrected chi connectivity index (χ3v) is 3.22. The van der Waals surface area contributed by atoms with Crippen LogP contribution in [0.15, 0.2) is 0 Å². The second-order valence-corrected chi connectivity index (χ2v) is 4.90. The van der Waals surface area contributed by atoms with Gasteiger partial charge < -0.3 is 10.2 Å². The van der Waals surface area contributed by atoms with E-state index in [0.29, 0.717) is 24.9 Å². The van der Waals surface area contributed by atoms with Crippen molar-refractivity contribution >= 4 is 0 Å². The molecule has 0 bridgehead atoms. The zero-order valence-corrected chi connectivity index (χ0v) is 9.48. The third kappa shape index (κ3) is 3.23. The maximum Gasteiger partial charge on any atom is 0.0693 e. The number of piperidine rings is 1. The molecule has 3 nitrogen and oxygen atoms in total. The summed E-state index contributed by atoms with van der Waals surface area (Å²) in [6, 6.07) is 0. The molecular formula is C11H23NO2. The molecule has 0 aromatic carbocycles. The van der Waals surface area contributed by atoms with Gasteiger partial charge in [0.05, 0.1) is 12.2 Å². The van der Waals surface area contributed by atoms with Gasteiger partial charge in [0.25, 0.3) is 0 Å². The lowest BCUT2D eigenvalue weighted by Gasteiger charge is -2.35. The first-order valence-electron chi connectivity index (χ1n) is 5.59. The molecule has 0 radical (unpaired) electrons. The van der Waals surface area contributed by atoms with E-state index in [4.69, 9.17) is 0 Å². The van der Waals surface area contributed by atoms with Crippen LogP contribution < -0.4 is 0 Å². The van der Waals surface area contributed by atoms with Crippen LogP contribution in [0.5, 0.6) is 0 Å².